The highest BCUT2D eigenvalue weighted by atomic mass is 35.5. The quantitative estimate of drug-likeness (QED) is 0.760. The SMILES string of the molecule is CC(=O)Nc1cccc([C@H](C)NC(=O)CCc2cccc(Cl)c2Cl)c1. The standard InChI is InChI=1S/C19H20Cl2N2O2/c1-12(15-6-3-7-16(11-15)23-13(2)24)22-18(25)10-9-14-5-4-8-17(20)19(14)21/h3-8,11-12H,9-10H2,1-2H3,(H,22,25)(H,23,24)/t12-/m0/s1. The van der Waals surface area contributed by atoms with E-state index in [4.69, 9.17) is 23.2 Å². The molecule has 0 spiro atoms. The lowest BCUT2D eigenvalue weighted by Crippen LogP contribution is -2.26. The van der Waals surface area contributed by atoms with Crippen molar-refractivity contribution in [3.05, 3.63) is 63.6 Å². The van der Waals surface area contributed by atoms with Crippen LogP contribution < -0.4 is 10.6 Å². The summed E-state index contributed by atoms with van der Waals surface area (Å²) in [7, 11) is 0. The van der Waals surface area contributed by atoms with Gasteiger partial charge in [0.15, 0.2) is 0 Å². The maximum atomic E-state index is 12.2. The zero-order chi connectivity index (χ0) is 18.4. The van der Waals surface area contributed by atoms with E-state index in [2.05, 4.69) is 10.6 Å². The van der Waals surface area contributed by atoms with Crippen LogP contribution in [-0.2, 0) is 16.0 Å². The van der Waals surface area contributed by atoms with Crippen molar-refractivity contribution in [3.63, 3.8) is 0 Å². The lowest BCUT2D eigenvalue weighted by atomic mass is 10.1. The number of anilines is 1. The number of nitrogens with one attached hydrogen (secondary N) is 2. The van der Waals surface area contributed by atoms with Crippen LogP contribution in [0, 0.1) is 0 Å². The molecule has 0 saturated heterocycles. The van der Waals surface area contributed by atoms with Crippen LogP contribution in [0.2, 0.25) is 10.0 Å². The highest BCUT2D eigenvalue weighted by molar-refractivity contribution is 6.42. The number of benzene rings is 2. The van der Waals surface area contributed by atoms with Gasteiger partial charge in [-0.25, -0.2) is 0 Å². The van der Waals surface area contributed by atoms with E-state index in [9.17, 15) is 9.59 Å². The summed E-state index contributed by atoms with van der Waals surface area (Å²) in [6.07, 6.45) is 0.833. The summed E-state index contributed by atoms with van der Waals surface area (Å²) < 4.78 is 0. The molecule has 25 heavy (non-hydrogen) atoms. The maximum absolute atomic E-state index is 12.2. The first-order valence-corrected chi connectivity index (χ1v) is 8.72. The molecule has 0 saturated carbocycles. The predicted octanol–water partition coefficient (Wildman–Crippen LogP) is 4.76. The largest absolute Gasteiger partial charge is 0.350 e. The Hall–Kier alpha value is -2.04. The van der Waals surface area contributed by atoms with Gasteiger partial charge in [0.05, 0.1) is 16.1 Å². The average molecular weight is 379 g/mol. The fourth-order valence-electron chi connectivity index (χ4n) is 2.48. The molecule has 0 aliphatic rings. The molecule has 4 nitrogen and oxygen atoms in total. The minimum atomic E-state index is -0.170. The van der Waals surface area contributed by atoms with Crippen LogP contribution in [0.3, 0.4) is 0 Å². The number of carbonyl (C=O) groups excluding carboxylic acids is 2. The summed E-state index contributed by atoms with van der Waals surface area (Å²) in [4.78, 5) is 23.3. The van der Waals surface area contributed by atoms with Crippen molar-refractivity contribution in [3.8, 4) is 0 Å². The Bertz CT molecular complexity index is 778. The van der Waals surface area contributed by atoms with Gasteiger partial charge in [0.1, 0.15) is 0 Å². The summed E-state index contributed by atoms with van der Waals surface area (Å²) in [6, 6.07) is 12.6. The monoisotopic (exact) mass is 378 g/mol. The second-order valence-electron chi connectivity index (χ2n) is 5.81. The molecule has 0 fully saturated rings. The molecule has 2 amide bonds. The van der Waals surface area contributed by atoms with Crippen molar-refractivity contribution < 1.29 is 9.59 Å². The molecule has 0 aliphatic carbocycles. The van der Waals surface area contributed by atoms with E-state index in [0.29, 0.717) is 28.6 Å². The molecule has 1 atom stereocenters. The summed E-state index contributed by atoms with van der Waals surface area (Å²) in [5.41, 5.74) is 2.47. The smallest absolute Gasteiger partial charge is 0.221 e. The highest BCUT2D eigenvalue weighted by Gasteiger charge is 2.12. The van der Waals surface area contributed by atoms with Crippen molar-refractivity contribution in [1.82, 2.24) is 5.32 Å². The van der Waals surface area contributed by atoms with E-state index < -0.39 is 0 Å². The fourth-order valence-corrected chi connectivity index (χ4v) is 2.89. The Labute approximate surface area is 157 Å². The first-order valence-electron chi connectivity index (χ1n) is 7.96. The number of hydrogen-bond acceptors (Lipinski definition) is 2. The van der Waals surface area contributed by atoms with Crippen molar-refractivity contribution in [2.45, 2.75) is 32.7 Å². The van der Waals surface area contributed by atoms with E-state index in [1.165, 1.54) is 6.92 Å². The van der Waals surface area contributed by atoms with Crippen LogP contribution in [0.25, 0.3) is 0 Å². The highest BCUT2D eigenvalue weighted by Crippen LogP contribution is 2.26. The van der Waals surface area contributed by atoms with Gasteiger partial charge < -0.3 is 10.6 Å². The van der Waals surface area contributed by atoms with Gasteiger partial charge in [0.25, 0.3) is 0 Å². The molecule has 0 bridgehead atoms. The molecule has 0 heterocycles. The molecule has 0 radical (unpaired) electrons. The Morgan fingerprint density at radius 2 is 1.84 bits per heavy atom. The molecular weight excluding hydrogens is 359 g/mol. The third-order valence-corrected chi connectivity index (χ3v) is 4.60. The number of hydrogen-bond donors (Lipinski definition) is 2. The predicted molar refractivity (Wildman–Crippen MR) is 102 cm³/mol. The molecule has 0 aliphatic heterocycles. The molecule has 2 aromatic rings. The number of aryl methyl sites for hydroxylation is 1. The second kappa shape index (κ2) is 8.88. The van der Waals surface area contributed by atoms with Crippen molar-refractivity contribution in [1.29, 1.82) is 0 Å². The van der Waals surface area contributed by atoms with Gasteiger partial charge in [0, 0.05) is 19.0 Å². The third-order valence-electron chi connectivity index (χ3n) is 3.74. The Morgan fingerprint density at radius 1 is 1.12 bits per heavy atom. The molecular formula is C19H20Cl2N2O2. The molecule has 0 unspecified atom stereocenters. The van der Waals surface area contributed by atoms with Crippen LogP contribution in [0.1, 0.15) is 37.4 Å². The van der Waals surface area contributed by atoms with Crippen molar-refractivity contribution >= 4 is 40.7 Å². The number of carbonyl (C=O) groups is 2. The van der Waals surface area contributed by atoms with Gasteiger partial charge in [-0.2, -0.15) is 0 Å². The van der Waals surface area contributed by atoms with Crippen molar-refractivity contribution in [2.24, 2.45) is 0 Å². The minimum absolute atomic E-state index is 0.0755. The van der Waals surface area contributed by atoms with E-state index in [0.717, 1.165) is 11.1 Å². The molecule has 6 heteroatoms. The first kappa shape index (κ1) is 19.3. The zero-order valence-electron chi connectivity index (χ0n) is 14.1. The van der Waals surface area contributed by atoms with E-state index >= 15 is 0 Å². The average Bonchev–Trinajstić information content (AvgIpc) is 2.56. The van der Waals surface area contributed by atoms with Crippen LogP contribution >= 0.6 is 23.2 Å². The zero-order valence-corrected chi connectivity index (χ0v) is 15.6. The molecule has 2 aromatic carbocycles. The summed E-state index contributed by atoms with van der Waals surface area (Å²) in [6.45, 7) is 3.36. The van der Waals surface area contributed by atoms with Gasteiger partial charge in [-0.1, -0.05) is 47.5 Å². The summed E-state index contributed by atoms with van der Waals surface area (Å²) in [5.74, 6) is -0.208. The van der Waals surface area contributed by atoms with Gasteiger partial charge in [0.2, 0.25) is 11.8 Å². The Balaban J connectivity index is 1.93. The van der Waals surface area contributed by atoms with Gasteiger partial charge in [-0.05, 0) is 42.7 Å². The number of amides is 2. The van der Waals surface area contributed by atoms with Crippen LogP contribution in [0.5, 0.6) is 0 Å². The second-order valence-corrected chi connectivity index (χ2v) is 6.59. The maximum Gasteiger partial charge on any atom is 0.221 e. The number of halogens is 2. The molecule has 2 rings (SSSR count). The molecule has 132 valence electrons. The minimum Gasteiger partial charge on any atom is -0.350 e. The lowest BCUT2D eigenvalue weighted by Gasteiger charge is -2.16. The first-order chi connectivity index (χ1) is 11.9. The van der Waals surface area contributed by atoms with Gasteiger partial charge in [-0.15, -0.1) is 0 Å². The van der Waals surface area contributed by atoms with E-state index in [1.807, 2.05) is 37.3 Å². The van der Waals surface area contributed by atoms with Crippen LogP contribution in [0.15, 0.2) is 42.5 Å². The van der Waals surface area contributed by atoms with Crippen molar-refractivity contribution in [2.75, 3.05) is 5.32 Å². The topological polar surface area (TPSA) is 58.2 Å². The Kier molecular flexibility index (Phi) is 6.85. The molecule has 2 N–H and O–H groups in total. The lowest BCUT2D eigenvalue weighted by molar-refractivity contribution is -0.121. The number of rotatable bonds is 6. The van der Waals surface area contributed by atoms with E-state index in [-0.39, 0.29) is 17.9 Å². The Morgan fingerprint density at radius 3 is 2.56 bits per heavy atom. The van der Waals surface area contributed by atoms with Crippen LogP contribution in [-0.4, -0.2) is 11.8 Å². The van der Waals surface area contributed by atoms with Crippen LogP contribution in [0.4, 0.5) is 5.69 Å². The summed E-state index contributed by atoms with van der Waals surface area (Å²) in [5, 5.41) is 6.67. The molecule has 0 aromatic heterocycles. The van der Waals surface area contributed by atoms with E-state index in [1.54, 1.807) is 12.1 Å². The normalized spacial score (nSPS) is 11.7. The van der Waals surface area contributed by atoms with Gasteiger partial charge in [-0.3, -0.25) is 9.59 Å². The van der Waals surface area contributed by atoms with Gasteiger partial charge >= 0.3 is 0 Å². The third kappa shape index (κ3) is 5.76. The fraction of sp³-hybridized carbons (Fsp3) is 0.263. The summed E-state index contributed by atoms with van der Waals surface area (Å²) >= 11 is 12.1.